The molecule has 2 atom stereocenters. The summed E-state index contributed by atoms with van der Waals surface area (Å²) in [5.41, 5.74) is 0.590. The fourth-order valence-electron chi connectivity index (χ4n) is 2.31. The third-order valence-electron chi connectivity index (χ3n) is 3.14. The van der Waals surface area contributed by atoms with Gasteiger partial charge < -0.3 is 5.11 Å². The molecule has 17 heavy (non-hydrogen) atoms. The third-order valence-corrected chi connectivity index (χ3v) is 3.14. The maximum Gasteiger partial charge on any atom is 0.0991 e. The van der Waals surface area contributed by atoms with Gasteiger partial charge in [-0.15, -0.1) is 0 Å². The van der Waals surface area contributed by atoms with Crippen LogP contribution in [0.25, 0.3) is 0 Å². The Morgan fingerprint density at radius 1 is 1.47 bits per heavy atom. The van der Waals surface area contributed by atoms with E-state index in [1.807, 2.05) is 19.1 Å². The van der Waals surface area contributed by atoms with Crippen LogP contribution in [0.5, 0.6) is 0 Å². The molecule has 2 nitrogen and oxygen atoms in total. The van der Waals surface area contributed by atoms with Gasteiger partial charge in [0.15, 0.2) is 0 Å². The molecule has 0 aliphatic rings. The number of benzene rings is 1. The fraction of sp³-hybridized carbons (Fsp3) is 0.533. The monoisotopic (exact) mass is 231 g/mol. The number of nitrogens with zero attached hydrogens (tertiary/aromatic N) is 1. The summed E-state index contributed by atoms with van der Waals surface area (Å²) in [6.07, 6.45) is 2.99. The molecule has 0 amide bonds. The Hall–Kier alpha value is -1.33. The van der Waals surface area contributed by atoms with Crippen LogP contribution in [-0.4, -0.2) is 5.11 Å². The van der Waals surface area contributed by atoms with Crippen molar-refractivity contribution in [1.82, 2.24) is 0 Å². The first-order valence-corrected chi connectivity index (χ1v) is 6.22. The minimum Gasteiger partial charge on any atom is -0.385 e. The van der Waals surface area contributed by atoms with Crippen LogP contribution < -0.4 is 0 Å². The Balaban J connectivity index is 2.85. The first kappa shape index (κ1) is 13.7. The lowest BCUT2D eigenvalue weighted by atomic mass is 9.84. The highest BCUT2D eigenvalue weighted by Gasteiger charge is 2.25. The van der Waals surface area contributed by atoms with Gasteiger partial charge in [0.05, 0.1) is 17.2 Å². The van der Waals surface area contributed by atoms with Crippen LogP contribution in [0.3, 0.4) is 0 Å². The molecule has 0 saturated heterocycles. The molecular formula is C15H21NO. The lowest BCUT2D eigenvalue weighted by Gasteiger charge is -2.27. The standard InChI is InChI=1S/C15H21NO/c1-4-6-12(2)10-15(3,17)14-8-5-7-13(9-14)11-16/h5,7-9,12,17H,4,6,10H2,1-3H3. The highest BCUT2D eigenvalue weighted by molar-refractivity contribution is 5.35. The van der Waals surface area contributed by atoms with Crippen molar-refractivity contribution in [1.29, 1.82) is 5.26 Å². The van der Waals surface area contributed by atoms with Gasteiger partial charge >= 0.3 is 0 Å². The average Bonchev–Trinajstić information content (AvgIpc) is 2.28. The average molecular weight is 231 g/mol. The molecule has 92 valence electrons. The van der Waals surface area contributed by atoms with Gasteiger partial charge in [-0.2, -0.15) is 5.26 Å². The maximum atomic E-state index is 10.5. The molecule has 0 aliphatic heterocycles. The van der Waals surface area contributed by atoms with Crippen LogP contribution in [0.2, 0.25) is 0 Å². The molecule has 0 aliphatic carbocycles. The highest BCUT2D eigenvalue weighted by atomic mass is 16.3. The summed E-state index contributed by atoms with van der Waals surface area (Å²) >= 11 is 0. The minimum absolute atomic E-state index is 0.487. The Kier molecular flexibility index (Phi) is 4.72. The number of hydrogen-bond donors (Lipinski definition) is 1. The predicted molar refractivity (Wildman–Crippen MR) is 69.4 cm³/mol. The Labute approximate surface area is 104 Å². The molecule has 2 heteroatoms. The second-order valence-corrected chi connectivity index (χ2v) is 5.06. The van der Waals surface area contributed by atoms with E-state index in [0.29, 0.717) is 11.5 Å². The lowest BCUT2D eigenvalue weighted by Crippen LogP contribution is -2.24. The van der Waals surface area contributed by atoms with E-state index in [-0.39, 0.29) is 0 Å². The van der Waals surface area contributed by atoms with Crippen molar-refractivity contribution in [3.8, 4) is 6.07 Å². The van der Waals surface area contributed by atoms with Gasteiger partial charge in [0.25, 0.3) is 0 Å². The molecule has 0 heterocycles. The molecule has 0 bridgehead atoms. The van der Waals surface area contributed by atoms with Crippen molar-refractivity contribution in [2.45, 2.75) is 45.6 Å². The van der Waals surface area contributed by atoms with Gasteiger partial charge in [0, 0.05) is 0 Å². The summed E-state index contributed by atoms with van der Waals surface area (Å²) in [6.45, 7) is 6.14. The predicted octanol–water partition coefficient (Wildman–Crippen LogP) is 3.59. The molecule has 0 aromatic heterocycles. The van der Waals surface area contributed by atoms with E-state index in [2.05, 4.69) is 19.9 Å². The zero-order valence-electron chi connectivity index (χ0n) is 10.9. The fourth-order valence-corrected chi connectivity index (χ4v) is 2.31. The van der Waals surface area contributed by atoms with E-state index in [1.54, 1.807) is 12.1 Å². The van der Waals surface area contributed by atoms with E-state index >= 15 is 0 Å². The number of nitriles is 1. The summed E-state index contributed by atoms with van der Waals surface area (Å²) in [7, 11) is 0. The lowest BCUT2D eigenvalue weighted by molar-refractivity contribution is 0.0311. The zero-order chi connectivity index (χ0) is 12.9. The van der Waals surface area contributed by atoms with Gasteiger partial charge in [-0.1, -0.05) is 38.8 Å². The molecular weight excluding hydrogens is 210 g/mol. The summed E-state index contributed by atoms with van der Waals surface area (Å²) < 4.78 is 0. The summed E-state index contributed by atoms with van der Waals surface area (Å²) in [5.74, 6) is 0.487. The molecule has 1 N–H and O–H groups in total. The minimum atomic E-state index is -0.846. The van der Waals surface area contributed by atoms with Crippen molar-refractivity contribution in [3.63, 3.8) is 0 Å². The Bertz CT molecular complexity index is 404. The first-order valence-electron chi connectivity index (χ1n) is 6.22. The number of aliphatic hydroxyl groups is 1. The molecule has 0 radical (unpaired) electrons. The van der Waals surface area contributed by atoms with E-state index in [9.17, 15) is 5.11 Å². The van der Waals surface area contributed by atoms with Crippen molar-refractivity contribution in [3.05, 3.63) is 35.4 Å². The van der Waals surface area contributed by atoms with Crippen LogP contribution in [-0.2, 0) is 5.60 Å². The van der Waals surface area contributed by atoms with Gasteiger partial charge in [-0.25, -0.2) is 0 Å². The van der Waals surface area contributed by atoms with Crippen molar-refractivity contribution >= 4 is 0 Å². The van der Waals surface area contributed by atoms with E-state index in [1.165, 1.54) is 0 Å². The zero-order valence-corrected chi connectivity index (χ0v) is 10.9. The molecule has 1 aromatic carbocycles. The highest BCUT2D eigenvalue weighted by Crippen LogP contribution is 2.30. The van der Waals surface area contributed by atoms with Crippen LogP contribution in [0.15, 0.2) is 24.3 Å². The second kappa shape index (κ2) is 5.84. The third kappa shape index (κ3) is 3.87. The molecule has 1 aromatic rings. The molecule has 0 fully saturated rings. The summed E-state index contributed by atoms with van der Waals surface area (Å²) in [6, 6.07) is 9.36. The van der Waals surface area contributed by atoms with Crippen LogP contribution >= 0.6 is 0 Å². The van der Waals surface area contributed by atoms with Crippen molar-refractivity contribution < 1.29 is 5.11 Å². The van der Waals surface area contributed by atoms with Crippen molar-refractivity contribution in [2.24, 2.45) is 5.92 Å². The second-order valence-electron chi connectivity index (χ2n) is 5.06. The van der Waals surface area contributed by atoms with Crippen LogP contribution in [0, 0.1) is 17.2 Å². The molecule has 1 rings (SSSR count). The van der Waals surface area contributed by atoms with Crippen LogP contribution in [0.1, 0.15) is 51.2 Å². The summed E-state index contributed by atoms with van der Waals surface area (Å²) in [4.78, 5) is 0. The van der Waals surface area contributed by atoms with Gasteiger partial charge in [0.2, 0.25) is 0 Å². The first-order chi connectivity index (χ1) is 7.99. The number of rotatable bonds is 5. The van der Waals surface area contributed by atoms with Crippen molar-refractivity contribution in [2.75, 3.05) is 0 Å². The van der Waals surface area contributed by atoms with Gasteiger partial charge in [0.1, 0.15) is 0 Å². The normalized spacial score (nSPS) is 15.9. The van der Waals surface area contributed by atoms with E-state index in [0.717, 1.165) is 24.8 Å². The quantitative estimate of drug-likeness (QED) is 0.841. The largest absolute Gasteiger partial charge is 0.385 e. The smallest absolute Gasteiger partial charge is 0.0991 e. The summed E-state index contributed by atoms with van der Waals surface area (Å²) in [5, 5.41) is 19.4. The van der Waals surface area contributed by atoms with Gasteiger partial charge in [-0.3, -0.25) is 0 Å². The topological polar surface area (TPSA) is 44.0 Å². The molecule has 0 spiro atoms. The Morgan fingerprint density at radius 3 is 2.76 bits per heavy atom. The maximum absolute atomic E-state index is 10.5. The van der Waals surface area contributed by atoms with Gasteiger partial charge in [-0.05, 0) is 37.0 Å². The molecule has 2 unspecified atom stereocenters. The van der Waals surface area contributed by atoms with E-state index in [4.69, 9.17) is 5.26 Å². The number of hydrogen-bond acceptors (Lipinski definition) is 2. The Morgan fingerprint density at radius 2 is 2.18 bits per heavy atom. The van der Waals surface area contributed by atoms with Crippen LogP contribution in [0.4, 0.5) is 0 Å². The molecule has 0 saturated carbocycles. The van der Waals surface area contributed by atoms with E-state index < -0.39 is 5.60 Å². The SMILES string of the molecule is CCCC(C)CC(C)(O)c1cccc(C#N)c1.